The zero-order valence-corrected chi connectivity index (χ0v) is 17.0. The van der Waals surface area contributed by atoms with E-state index in [4.69, 9.17) is 9.84 Å². The van der Waals surface area contributed by atoms with Crippen LogP contribution in [0, 0.1) is 5.92 Å². The van der Waals surface area contributed by atoms with Crippen LogP contribution in [0.5, 0.6) is 5.75 Å². The van der Waals surface area contributed by atoms with E-state index in [0.717, 1.165) is 50.4 Å². The van der Waals surface area contributed by atoms with Crippen molar-refractivity contribution in [2.75, 3.05) is 19.7 Å². The molecule has 0 radical (unpaired) electrons. The molecular formula is C23H32N4O. The average Bonchev–Trinajstić information content (AvgIpc) is 3.23. The molecule has 1 saturated heterocycles. The molecule has 2 aromatic rings. The van der Waals surface area contributed by atoms with Crippen molar-refractivity contribution < 1.29 is 4.74 Å². The van der Waals surface area contributed by atoms with E-state index < -0.39 is 0 Å². The second-order valence-corrected chi connectivity index (χ2v) is 8.72. The molecule has 2 atom stereocenters. The van der Waals surface area contributed by atoms with Crippen LogP contribution in [0.3, 0.4) is 0 Å². The molecular weight excluding hydrogens is 348 g/mol. The maximum Gasteiger partial charge on any atom is 0.123 e. The molecule has 28 heavy (non-hydrogen) atoms. The van der Waals surface area contributed by atoms with Gasteiger partial charge in [0.15, 0.2) is 0 Å². The molecule has 150 valence electrons. The molecule has 0 N–H and O–H groups in total. The largest absolute Gasteiger partial charge is 0.494 e. The normalized spacial score (nSPS) is 25.0. The Labute approximate surface area is 168 Å². The summed E-state index contributed by atoms with van der Waals surface area (Å²) in [6.45, 7) is 9.02. The number of benzene rings is 1. The SMILES string of the molecule is CCOc1ccccc1CN1CCn2nc(CN3C[C@H]4CCC[C@@H]3C4)cc2C1. The van der Waals surface area contributed by atoms with Gasteiger partial charge in [-0.2, -0.15) is 5.10 Å². The number of likely N-dealkylation sites (tertiary alicyclic amines) is 1. The van der Waals surface area contributed by atoms with Gasteiger partial charge in [0.25, 0.3) is 0 Å². The molecule has 0 amide bonds. The van der Waals surface area contributed by atoms with Crippen molar-refractivity contribution in [3.8, 4) is 5.75 Å². The lowest BCUT2D eigenvalue weighted by Gasteiger charge is -2.28. The smallest absolute Gasteiger partial charge is 0.123 e. The lowest BCUT2D eigenvalue weighted by atomic mass is 9.90. The lowest BCUT2D eigenvalue weighted by molar-refractivity contribution is 0.200. The van der Waals surface area contributed by atoms with Crippen LogP contribution >= 0.6 is 0 Å². The number of nitrogens with zero attached hydrogens (tertiary/aromatic N) is 4. The van der Waals surface area contributed by atoms with E-state index >= 15 is 0 Å². The molecule has 5 rings (SSSR count). The molecule has 5 nitrogen and oxygen atoms in total. The molecule has 3 aliphatic rings. The van der Waals surface area contributed by atoms with Crippen LogP contribution in [0.25, 0.3) is 0 Å². The highest BCUT2D eigenvalue weighted by atomic mass is 16.5. The molecule has 0 unspecified atom stereocenters. The molecule has 5 heteroatoms. The summed E-state index contributed by atoms with van der Waals surface area (Å²) in [5.74, 6) is 1.96. The minimum Gasteiger partial charge on any atom is -0.494 e. The summed E-state index contributed by atoms with van der Waals surface area (Å²) in [5, 5.41) is 4.94. The van der Waals surface area contributed by atoms with Gasteiger partial charge < -0.3 is 4.74 Å². The predicted molar refractivity (Wildman–Crippen MR) is 110 cm³/mol. The van der Waals surface area contributed by atoms with E-state index in [1.165, 1.54) is 49.2 Å². The van der Waals surface area contributed by atoms with Gasteiger partial charge in [0, 0.05) is 44.3 Å². The van der Waals surface area contributed by atoms with Gasteiger partial charge in [0.05, 0.1) is 24.5 Å². The first-order valence-corrected chi connectivity index (χ1v) is 11.0. The van der Waals surface area contributed by atoms with Crippen molar-refractivity contribution in [2.45, 2.75) is 64.8 Å². The molecule has 0 spiro atoms. The number of rotatable bonds is 6. The number of para-hydroxylation sites is 1. The first kappa shape index (κ1) is 18.2. The highest BCUT2D eigenvalue weighted by Crippen LogP contribution is 2.36. The number of hydrogen-bond acceptors (Lipinski definition) is 4. The van der Waals surface area contributed by atoms with E-state index in [9.17, 15) is 0 Å². The van der Waals surface area contributed by atoms with Gasteiger partial charge in [-0.1, -0.05) is 24.6 Å². The van der Waals surface area contributed by atoms with Crippen molar-refractivity contribution in [2.24, 2.45) is 5.92 Å². The van der Waals surface area contributed by atoms with Crippen LogP contribution in [-0.2, 0) is 26.2 Å². The van der Waals surface area contributed by atoms with Crippen LogP contribution in [0.2, 0.25) is 0 Å². The fourth-order valence-electron chi connectivity index (χ4n) is 5.41. The third-order valence-electron chi connectivity index (χ3n) is 6.72. The summed E-state index contributed by atoms with van der Waals surface area (Å²) in [6.07, 6.45) is 5.66. The first-order valence-electron chi connectivity index (χ1n) is 11.0. The van der Waals surface area contributed by atoms with Gasteiger partial charge in [0.1, 0.15) is 5.75 Å². The Balaban J connectivity index is 1.24. The van der Waals surface area contributed by atoms with Gasteiger partial charge in [-0.3, -0.25) is 14.5 Å². The first-order chi connectivity index (χ1) is 13.8. The second kappa shape index (κ2) is 7.88. The standard InChI is InChI=1S/C23H32N4O/c1-2-28-23-9-4-3-7-19(23)15-25-10-11-27-22(17-25)13-20(24-27)16-26-14-18-6-5-8-21(26)12-18/h3-4,7,9,13,18,21H,2,5-6,8,10-12,14-17H2,1H3/t18-,21+/m0/s1. The summed E-state index contributed by atoms with van der Waals surface area (Å²) in [5.41, 5.74) is 3.90. The summed E-state index contributed by atoms with van der Waals surface area (Å²) < 4.78 is 8.05. The molecule has 1 aromatic heterocycles. The van der Waals surface area contributed by atoms with Crippen molar-refractivity contribution in [3.05, 3.63) is 47.3 Å². The van der Waals surface area contributed by atoms with Crippen molar-refractivity contribution in [3.63, 3.8) is 0 Å². The summed E-state index contributed by atoms with van der Waals surface area (Å²) in [7, 11) is 0. The molecule has 3 heterocycles. The molecule has 2 fully saturated rings. The Hall–Kier alpha value is -1.85. The highest BCUT2D eigenvalue weighted by Gasteiger charge is 2.35. The van der Waals surface area contributed by atoms with Gasteiger partial charge in [-0.25, -0.2) is 0 Å². The van der Waals surface area contributed by atoms with Gasteiger partial charge in [0.2, 0.25) is 0 Å². The Bertz CT molecular complexity index is 817. The quantitative estimate of drug-likeness (QED) is 0.766. The van der Waals surface area contributed by atoms with Crippen molar-refractivity contribution >= 4 is 0 Å². The van der Waals surface area contributed by atoms with Gasteiger partial charge in [-0.15, -0.1) is 0 Å². The van der Waals surface area contributed by atoms with Gasteiger partial charge >= 0.3 is 0 Å². The van der Waals surface area contributed by atoms with Crippen molar-refractivity contribution in [1.29, 1.82) is 0 Å². The Kier molecular flexibility index (Phi) is 5.12. The van der Waals surface area contributed by atoms with E-state index in [1.807, 2.05) is 6.92 Å². The Morgan fingerprint density at radius 3 is 2.96 bits per heavy atom. The third kappa shape index (κ3) is 3.70. The number of hydrogen-bond donors (Lipinski definition) is 0. The lowest BCUT2D eigenvalue weighted by Crippen LogP contribution is -2.33. The van der Waals surface area contributed by atoms with Crippen LogP contribution in [0.4, 0.5) is 0 Å². The van der Waals surface area contributed by atoms with E-state index in [0.29, 0.717) is 6.61 Å². The minimum atomic E-state index is 0.714. The molecule has 1 aliphatic carbocycles. The topological polar surface area (TPSA) is 33.5 Å². The number of aromatic nitrogens is 2. The van der Waals surface area contributed by atoms with Crippen LogP contribution in [-0.4, -0.2) is 45.3 Å². The molecule has 2 aliphatic heterocycles. The maximum absolute atomic E-state index is 5.81. The highest BCUT2D eigenvalue weighted by molar-refractivity contribution is 5.33. The minimum absolute atomic E-state index is 0.714. The molecule has 1 saturated carbocycles. The third-order valence-corrected chi connectivity index (χ3v) is 6.72. The fraction of sp³-hybridized carbons (Fsp3) is 0.609. The zero-order valence-electron chi connectivity index (χ0n) is 17.0. The Morgan fingerprint density at radius 2 is 2.07 bits per heavy atom. The Morgan fingerprint density at radius 1 is 1.14 bits per heavy atom. The van der Waals surface area contributed by atoms with Gasteiger partial charge in [-0.05, 0) is 44.2 Å². The van der Waals surface area contributed by atoms with Crippen LogP contribution in [0.15, 0.2) is 30.3 Å². The summed E-state index contributed by atoms with van der Waals surface area (Å²) in [6, 6.07) is 11.6. The van der Waals surface area contributed by atoms with E-state index in [-0.39, 0.29) is 0 Å². The number of ether oxygens (including phenoxy) is 1. The second-order valence-electron chi connectivity index (χ2n) is 8.72. The van der Waals surface area contributed by atoms with E-state index in [1.54, 1.807) is 0 Å². The van der Waals surface area contributed by atoms with Crippen molar-refractivity contribution in [1.82, 2.24) is 19.6 Å². The fourth-order valence-corrected chi connectivity index (χ4v) is 5.41. The number of fused-ring (bicyclic) bond motifs is 3. The summed E-state index contributed by atoms with van der Waals surface area (Å²) >= 11 is 0. The maximum atomic E-state index is 5.81. The zero-order chi connectivity index (χ0) is 18.9. The van der Waals surface area contributed by atoms with Crippen LogP contribution in [0.1, 0.15) is 49.6 Å². The molecule has 2 bridgehead atoms. The monoisotopic (exact) mass is 380 g/mol. The molecule has 1 aromatic carbocycles. The van der Waals surface area contributed by atoms with Crippen LogP contribution < -0.4 is 4.74 Å². The summed E-state index contributed by atoms with van der Waals surface area (Å²) in [4.78, 5) is 5.21. The van der Waals surface area contributed by atoms with E-state index in [2.05, 4.69) is 44.8 Å². The predicted octanol–water partition coefficient (Wildman–Crippen LogP) is 3.67. The average molecular weight is 381 g/mol.